The van der Waals surface area contributed by atoms with Crippen LogP contribution in [0.2, 0.25) is 0 Å². The van der Waals surface area contributed by atoms with Gasteiger partial charge in [-0.15, -0.1) is 0 Å². The van der Waals surface area contributed by atoms with Crippen molar-refractivity contribution in [1.82, 2.24) is 4.98 Å². The number of amides is 1. The van der Waals surface area contributed by atoms with Crippen molar-refractivity contribution in [1.29, 1.82) is 0 Å². The zero-order valence-electron chi connectivity index (χ0n) is 11.9. The number of hydrogen-bond acceptors (Lipinski definition) is 4. The number of fused-ring (bicyclic) bond motifs is 1. The first-order valence-electron chi connectivity index (χ1n) is 7.61. The molecule has 0 aliphatic heterocycles. The zero-order chi connectivity index (χ0) is 14.4. The van der Waals surface area contributed by atoms with Crippen LogP contribution in [-0.4, -0.2) is 16.4 Å². The summed E-state index contributed by atoms with van der Waals surface area (Å²) >= 11 is 0. The summed E-state index contributed by atoms with van der Waals surface area (Å²) < 4.78 is 5.72. The van der Waals surface area contributed by atoms with Crippen LogP contribution in [0, 0.1) is 0 Å². The van der Waals surface area contributed by atoms with Crippen molar-refractivity contribution in [3.05, 3.63) is 24.1 Å². The van der Waals surface area contributed by atoms with Crippen molar-refractivity contribution in [3.63, 3.8) is 0 Å². The molecule has 1 aromatic carbocycles. The summed E-state index contributed by atoms with van der Waals surface area (Å²) in [6.45, 7) is 0. The van der Waals surface area contributed by atoms with E-state index in [9.17, 15) is 4.79 Å². The second-order valence-electron chi connectivity index (χ2n) is 6.45. The highest BCUT2D eigenvalue weighted by Gasteiger charge is 2.34. The Labute approximate surface area is 122 Å². The molecule has 2 fully saturated rings. The minimum absolute atomic E-state index is 0.0255. The van der Waals surface area contributed by atoms with Crippen LogP contribution in [0.25, 0.3) is 11.1 Å². The lowest BCUT2D eigenvalue weighted by atomic mass is 9.75. The summed E-state index contributed by atoms with van der Waals surface area (Å²) in [7, 11) is 0. The maximum atomic E-state index is 12.0. The van der Waals surface area contributed by atoms with Crippen molar-refractivity contribution in [2.45, 2.75) is 50.0 Å². The predicted molar refractivity (Wildman–Crippen MR) is 80.0 cm³/mol. The number of aromatic nitrogens is 1. The third-order valence-corrected chi connectivity index (χ3v) is 4.48. The van der Waals surface area contributed by atoms with Gasteiger partial charge in [0.1, 0.15) is 5.52 Å². The predicted octanol–water partition coefficient (Wildman–Crippen LogP) is 2.92. The van der Waals surface area contributed by atoms with E-state index in [1.807, 2.05) is 18.2 Å². The molecule has 3 N–H and O–H groups in total. The Balaban J connectivity index is 1.49. The number of hydrogen-bond donors (Lipinski definition) is 2. The van der Waals surface area contributed by atoms with Gasteiger partial charge < -0.3 is 15.5 Å². The highest BCUT2D eigenvalue weighted by Crippen LogP contribution is 2.40. The van der Waals surface area contributed by atoms with Crippen molar-refractivity contribution < 1.29 is 9.21 Å². The van der Waals surface area contributed by atoms with Crippen molar-refractivity contribution in [2.75, 3.05) is 5.32 Å². The minimum Gasteiger partial charge on any atom is -0.440 e. The monoisotopic (exact) mass is 285 g/mol. The quantitative estimate of drug-likeness (QED) is 0.905. The highest BCUT2D eigenvalue weighted by atomic mass is 16.3. The van der Waals surface area contributed by atoms with Gasteiger partial charge in [0.05, 0.1) is 0 Å². The number of nitrogens with zero attached hydrogens (tertiary/aromatic N) is 1. The van der Waals surface area contributed by atoms with Crippen molar-refractivity contribution in [2.24, 2.45) is 5.73 Å². The first-order chi connectivity index (χ1) is 10.1. The standard InChI is InChI=1S/C16H19N3O2/c17-16(6-1-7-16)9-14(20)18-11-4-5-13-12(8-11)19-15(21-13)10-2-3-10/h4-5,8,10H,1-3,6-7,9,17H2,(H,18,20). The number of benzene rings is 1. The van der Waals surface area contributed by atoms with Gasteiger partial charge in [-0.25, -0.2) is 4.98 Å². The molecule has 1 heterocycles. The number of anilines is 1. The number of nitrogens with two attached hydrogens (primary N) is 1. The second-order valence-corrected chi connectivity index (χ2v) is 6.45. The Morgan fingerprint density at radius 3 is 2.90 bits per heavy atom. The first-order valence-corrected chi connectivity index (χ1v) is 7.61. The molecule has 2 aliphatic carbocycles. The van der Waals surface area contributed by atoms with E-state index in [0.717, 1.165) is 54.8 Å². The Bertz CT molecular complexity index is 699. The molecule has 0 atom stereocenters. The van der Waals surface area contributed by atoms with Crippen molar-refractivity contribution >= 4 is 22.7 Å². The van der Waals surface area contributed by atoms with Gasteiger partial charge >= 0.3 is 0 Å². The van der Waals surface area contributed by atoms with E-state index >= 15 is 0 Å². The largest absolute Gasteiger partial charge is 0.440 e. The van der Waals surface area contributed by atoms with E-state index in [0.29, 0.717) is 12.3 Å². The fraction of sp³-hybridized carbons (Fsp3) is 0.500. The van der Waals surface area contributed by atoms with Crippen molar-refractivity contribution in [3.8, 4) is 0 Å². The molecule has 2 saturated carbocycles. The van der Waals surface area contributed by atoms with Gasteiger partial charge in [0.15, 0.2) is 11.5 Å². The van der Waals surface area contributed by atoms with E-state index in [1.165, 1.54) is 0 Å². The number of nitrogens with one attached hydrogen (secondary N) is 1. The molecule has 1 amide bonds. The Morgan fingerprint density at radius 2 is 2.24 bits per heavy atom. The summed E-state index contributed by atoms with van der Waals surface area (Å²) in [6, 6.07) is 5.59. The third-order valence-electron chi connectivity index (χ3n) is 4.48. The van der Waals surface area contributed by atoms with Crippen LogP contribution in [-0.2, 0) is 4.79 Å². The lowest BCUT2D eigenvalue weighted by molar-refractivity contribution is -0.118. The average molecular weight is 285 g/mol. The lowest BCUT2D eigenvalue weighted by Gasteiger charge is -2.37. The van der Waals surface area contributed by atoms with Crippen LogP contribution in [0.1, 0.15) is 50.3 Å². The number of rotatable bonds is 4. The molecule has 0 bridgehead atoms. The van der Waals surface area contributed by atoms with Gasteiger partial charge in [0.2, 0.25) is 5.91 Å². The molecule has 2 aromatic rings. The smallest absolute Gasteiger partial charge is 0.226 e. The molecule has 5 nitrogen and oxygen atoms in total. The van der Waals surface area contributed by atoms with Crippen LogP contribution >= 0.6 is 0 Å². The first kappa shape index (κ1) is 12.8. The van der Waals surface area contributed by atoms with Crippen LogP contribution in [0.15, 0.2) is 22.6 Å². The number of carbonyl (C=O) groups is 1. The molecular weight excluding hydrogens is 266 g/mol. The molecule has 21 heavy (non-hydrogen) atoms. The number of carbonyl (C=O) groups excluding carboxylic acids is 1. The minimum atomic E-state index is -0.290. The second kappa shape index (κ2) is 4.56. The molecule has 0 saturated heterocycles. The van der Waals surface area contributed by atoms with Gasteiger partial charge in [-0.1, -0.05) is 0 Å². The van der Waals surface area contributed by atoms with E-state index < -0.39 is 0 Å². The third kappa shape index (κ3) is 2.53. The average Bonchev–Trinajstić information content (AvgIpc) is 3.17. The lowest BCUT2D eigenvalue weighted by Crippen LogP contribution is -2.48. The van der Waals surface area contributed by atoms with Crippen LogP contribution < -0.4 is 11.1 Å². The van der Waals surface area contributed by atoms with Gasteiger partial charge in [0, 0.05) is 23.6 Å². The molecule has 0 unspecified atom stereocenters. The molecule has 0 radical (unpaired) electrons. The normalized spacial score (nSPS) is 20.2. The molecule has 110 valence electrons. The molecule has 0 spiro atoms. The Morgan fingerprint density at radius 1 is 1.43 bits per heavy atom. The van der Waals surface area contributed by atoms with E-state index in [4.69, 9.17) is 10.2 Å². The molecular formula is C16H19N3O2. The van der Waals surface area contributed by atoms with Crippen LogP contribution in [0.4, 0.5) is 5.69 Å². The maximum Gasteiger partial charge on any atom is 0.226 e. The zero-order valence-corrected chi connectivity index (χ0v) is 11.9. The van der Waals surface area contributed by atoms with Crippen LogP contribution in [0.3, 0.4) is 0 Å². The Kier molecular flexibility index (Phi) is 2.79. The van der Waals surface area contributed by atoms with Crippen LogP contribution in [0.5, 0.6) is 0 Å². The highest BCUT2D eigenvalue weighted by molar-refractivity contribution is 5.93. The van der Waals surface area contributed by atoms with Gasteiger partial charge in [-0.3, -0.25) is 4.79 Å². The van der Waals surface area contributed by atoms with Gasteiger partial charge in [-0.2, -0.15) is 0 Å². The van der Waals surface area contributed by atoms with Gasteiger partial charge in [-0.05, 0) is 50.3 Å². The summed E-state index contributed by atoms with van der Waals surface area (Å²) in [4.78, 5) is 16.5. The fourth-order valence-electron chi connectivity index (χ4n) is 2.86. The molecule has 2 aliphatic rings. The SMILES string of the molecule is NC1(CC(=O)Nc2ccc3oc(C4CC4)nc3c2)CCC1. The van der Waals surface area contributed by atoms with Gasteiger partial charge in [0.25, 0.3) is 0 Å². The summed E-state index contributed by atoms with van der Waals surface area (Å²) in [5.41, 5.74) is 8.16. The number of oxazole rings is 1. The molecule has 5 heteroatoms. The van der Waals surface area contributed by atoms with E-state index in [2.05, 4.69) is 10.3 Å². The van der Waals surface area contributed by atoms with E-state index in [1.54, 1.807) is 0 Å². The fourth-order valence-corrected chi connectivity index (χ4v) is 2.86. The maximum absolute atomic E-state index is 12.0. The Hall–Kier alpha value is -1.88. The molecule has 4 rings (SSSR count). The summed E-state index contributed by atoms with van der Waals surface area (Å²) in [5, 5.41) is 2.91. The molecule has 1 aromatic heterocycles. The van der Waals surface area contributed by atoms with E-state index in [-0.39, 0.29) is 11.4 Å². The summed E-state index contributed by atoms with van der Waals surface area (Å²) in [6.07, 6.45) is 5.71. The topological polar surface area (TPSA) is 81.2 Å². The summed E-state index contributed by atoms with van der Waals surface area (Å²) in [5.74, 6) is 1.29.